The van der Waals surface area contributed by atoms with Gasteiger partial charge in [0.05, 0.1) is 12.7 Å². The molecule has 23 heteroatoms. The van der Waals surface area contributed by atoms with Gasteiger partial charge in [-0.3, -0.25) is 14.1 Å². The number of phosphoric ester groups is 1. The SMILES string of the molecule is [B][C@H]1CC(OCSSC(C)(C)CNC(=O)CCCCC2SCC3CC(=O)NC32)[C@@H](COP(=O)(O)OP(=O)(O)OP(=O)(O)O)O1. The van der Waals surface area contributed by atoms with Crippen LogP contribution in [-0.4, -0.2) is 98.3 Å². The highest BCUT2D eigenvalue weighted by atomic mass is 33.1. The molecule has 3 aliphatic heterocycles. The normalized spacial score (nSPS) is 30.0. The van der Waals surface area contributed by atoms with Gasteiger partial charge in [0, 0.05) is 41.4 Å². The summed E-state index contributed by atoms with van der Waals surface area (Å²) in [6.07, 6.45) is 2.31. The number of amides is 2. The summed E-state index contributed by atoms with van der Waals surface area (Å²) in [6, 6.07) is -0.512. The molecule has 0 aromatic rings. The second-order valence-corrected chi connectivity index (χ2v) is 19.7. The summed E-state index contributed by atoms with van der Waals surface area (Å²) in [5.41, 5.74) is 0. The smallest absolute Gasteiger partial charge is 0.380 e. The largest absolute Gasteiger partial charge is 0.490 e. The van der Waals surface area contributed by atoms with Crippen LogP contribution in [0.2, 0.25) is 0 Å². The van der Waals surface area contributed by atoms with Gasteiger partial charge in [0.15, 0.2) is 0 Å². The molecule has 3 saturated heterocycles. The Labute approximate surface area is 269 Å². The van der Waals surface area contributed by atoms with Crippen molar-refractivity contribution >= 4 is 76.5 Å². The van der Waals surface area contributed by atoms with Gasteiger partial charge in [-0.25, -0.2) is 13.7 Å². The van der Waals surface area contributed by atoms with Gasteiger partial charge >= 0.3 is 23.5 Å². The lowest BCUT2D eigenvalue weighted by atomic mass is 9.96. The zero-order valence-corrected chi connectivity index (χ0v) is 29.2. The van der Waals surface area contributed by atoms with E-state index in [1.165, 1.54) is 21.6 Å². The van der Waals surface area contributed by atoms with Crippen molar-refractivity contribution in [2.45, 2.75) is 86.6 Å². The third kappa shape index (κ3) is 13.9. The van der Waals surface area contributed by atoms with E-state index < -0.39 is 48.3 Å². The first-order valence-corrected chi connectivity index (χ1v) is 21.5. The minimum Gasteiger partial charge on any atom is -0.380 e. The van der Waals surface area contributed by atoms with E-state index in [-0.39, 0.29) is 35.0 Å². The molecule has 2 radical (unpaired) electrons. The van der Waals surface area contributed by atoms with Gasteiger partial charge in [0.1, 0.15) is 19.9 Å². The Hall–Kier alpha value is 0.385. The number of rotatable bonds is 19. The molecule has 3 aliphatic rings. The van der Waals surface area contributed by atoms with Gasteiger partial charge in [0.25, 0.3) is 0 Å². The number of carbonyl (C=O) groups is 2. The van der Waals surface area contributed by atoms with E-state index in [2.05, 4.69) is 23.8 Å². The molecule has 8 atom stereocenters. The van der Waals surface area contributed by atoms with Crippen LogP contribution in [0.25, 0.3) is 0 Å². The van der Waals surface area contributed by atoms with Crippen LogP contribution in [0.1, 0.15) is 52.4 Å². The number of unbranched alkanes of at least 4 members (excludes halogenated alkanes) is 1. The third-order valence-corrected chi connectivity index (χ3v) is 15.0. The number of hydrogen-bond acceptors (Lipinski definition) is 13. The molecule has 0 aliphatic carbocycles. The summed E-state index contributed by atoms with van der Waals surface area (Å²) in [5.74, 6) is 1.73. The fraction of sp³-hybridized carbons (Fsp3) is 0.905. The van der Waals surface area contributed by atoms with Crippen molar-refractivity contribution in [3.63, 3.8) is 0 Å². The lowest BCUT2D eigenvalue weighted by Gasteiger charge is -2.25. The molecule has 0 saturated carbocycles. The molecular formula is C21H38BN2O14P3S3. The number of carbonyl (C=O) groups excluding carboxylic acids is 2. The first-order chi connectivity index (χ1) is 20.3. The van der Waals surface area contributed by atoms with Crippen molar-refractivity contribution in [1.82, 2.24) is 10.6 Å². The van der Waals surface area contributed by atoms with Crippen molar-refractivity contribution in [3.05, 3.63) is 0 Å². The Kier molecular flexibility index (Phi) is 14.7. The molecule has 6 unspecified atom stereocenters. The number of nitrogens with one attached hydrogen (secondary N) is 2. The first kappa shape index (κ1) is 38.8. The minimum atomic E-state index is -5.63. The van der Waals surface area contributed by atoms with Gasteiger partial charge in [-0.05, 0) is 44.8 Å². The maximum atomic E-state index is 12.4. The Bertz CT molecular complexity index is 1150. The average molecular weight is 742 g/mol. The molecule has 16 nitrogen and oxygen atoms in total. The van der Waals surface area contributed by atoms with Crippen molar-refractivity contribution in [3.8, 4) is 0 Å². The van der Waals surface area contributed by atoms with Crippen LogP contribution in [0.5, 0.6) is 0 Å². The molecule has 3 rings (SSSR count). The average Bonchev–Trinajstić information content (AvgIpc) is 3.53. The lowest BCUT2D eigenvalue weighted by molar-refractivity contribution is -0.121. The summed E-state index contributed by atoms with van der Waals surface area (Å²) in [6.45, 7) is 3.70. The molecule has 252 valence electrons. The maximum Gasteiger partial charge on any atom is 0.490 e. The maximum absolute atomic E-state index is 12.4. The van der Waals surface area contributed by atoms with Crippen LogP contribution >= 0.6 is 56.8 Å². The van der Waals surface area contributed by atoms with Crippen molar-refractivity contribution in [1.29, 1.82) is 0 Å². The van der Waals surface area contributed by atoms with E-state index in [9.17, 15) is 33.1 Å². The highest BCUT2D eigenvalue weighted by Gasteiger charge is 2.44. The van der Waals surface area contributed by atoms with E-state index in [4.69, 9.17) is 27.1 Å². The highest BCUT2D eigenvalue weighted by Crippen LogP contribution is 2.66. The van der Waals surface area contributed by atoms with Crippen molar-refractivity contribution < 1.29 is 65.5 Å². The van der Waals surface area contributed by atoms with E-state index in [0.717, 1.165) is 25.0 Å². The minimum absolute atomic E-state index is 0.0259. The number of ether oxygens (including phenoxy) is 2. The van der Waals surface area contributed by atoms with Crippen LogP contribution < -0.4 is 10.6 Å². The van der Waals surface area contributed by atoms with Gasteiger partial charge in [0.2, 0.25) is 11.8 Å². The first-order valence-electron chi connectivity index (χ1n) is 13.6. The molecule has 44 heavy (non-hydrogen) atoms. The standard InChI is InChI=1S/C21H38BN2O14P3S3/c1-21(2,11-23-18(25)6-4-3-5-16-20-13(10-42-16)7-19(26)24-20)44-43-12-34-14-8-17(22)36-15(14)9-35-40(30,31)38-41(32,33)37-39(27,28)29/h13-17,20H,3-12H2,1-2H3,(H,23,25)(H,24,26)(H,30,31)(H,32,33)(H2,27,28,29)/t13?,14?,15-,16?,17-,20?/m1/s1. The van der Waals surface area contributed by atoms with Crippen LogP contribution in [0.4, 0.5) is 0 Å². The summed E-state index contributed by atoms with van der Waals surface area (Å²) in [7, 11) is -7.81. The number of hydrogen-bond donors (Lipinski definition) is 6. The topological polar surface area (TPSA) is 236 Å². The van der Waals surface area contributed by atoms with Crippen LogP contribution in [0.15, 0.2) is 0 Å². The van der Waals surface area contributed by atoms with Gasteiger partial charge in [-0.15, -0.1) is 0 Å². The van der Waals surface area contributed by atoms with Gasteiger partial charge < -0.3 is 39.7 Å². The Morgan fingerprint density at radius 3 is 2.61 bits per heavy atom. The zero-order valence-electron chi connectivity index (χ0n) is 24.1. The van der Waals surface area contributed by atoms with E-state index in [0.29, 0.717) is 30.6 Å². The van der Waals surface area contributed by atoms with E-state index in [1.807, 2.05) is 25.6 Å². The van der Waals surface area contributed by atoms with Crippen LogP contribution in [0.3, 0.4) is 0 Å². The van der Waals surface area contributed by atoms with Gasteiger partial charge in [-0.2, -0.15) is 20.4 Å². The van der Waals surface area contributed by atoms with E-state index in [1.54, 1.807) is 0 Å². The molecule has 2 amide bonds. The zero-order chi connectivity index (χ0) is 32.8. The Balaban J connectivity index is 1.29. The summed E-state index contributed by atoms with van der Waals surface area (Å²) in [5, 5.41) is 6.47. The molecule has 0 spiro atoms. The molecule has 0 aromatic carbocycles. The Morgan fingerprint density at radius 2 is 1.91 bits per heavy atom. The molecule has 3 heterocycles. The summed E-state index contributed by atoms with van der Waals surface area (Å²) < 4.78 is 57.1. The lowest BCUT2D eigenvalue weighted by Crippen LogP contribution is -2.36. The van der Waals surface area contributed by atoms with Crippen molar-refractivity contribution in [2.75, 3.05) is 24.8 Å². The predicted octanol–water partition coefficient (Wildman–Crippen LogP) is 2.41. The monoisotopic (exact) mass is 742 g/mol. The molecule has 6 N–H and O–H groups in total. The molecule has 0 aromatic heterocycles. The fourth-order valence-corrected chi connectivity index (χ4v) is 11.7. The quantitative estimate of drug-likeness (QED) is 0.0366. The second-order valence-electron chi connectivity index (χ2n) is 11.1. The van der Waals surface area contributed by atoms with Gasteiger partial charge in [-0.1, -0.05) is 28.0 Å². The highest BCUT2D eigenvalue weighted by molar-refractivity contribution is 8.77. The van der Waals surface area contributed by atoms with Crippen LogP contribution in [0, 0.1) is 5.92 Å². The number of phosphoric acid groups is 3. The number of thioether (sulfide) groups is 1. The van der Waals surface area contributed by atoms with E-state index >= 15 is 0 Å². The predicted molar refractivity (Wildman–Crippen MR) is 166 cm³/mol. The van der Waals surface area contributed by atoms with Crippen LogP contribution in [-0.2, 0) is 45.9 Å². The molecular weight excluding hydrogens is 704 g/mol. The summed E-state index contributed by atoms with van der Waals surface area (Å²) in [4.78, 5) is 60.1. The fourth-order valence-electron chi connectivity index (χ4n) is 4.80. The van der Waals surface area contributed by atoms with Crippen molar-refractivity contribution in [2.24, 2.45) is 5.92 Å². The Morgan fingerprint density at radius 1 is 1.18 bits per heavy atom. The number of fused-ring (bicyclic) bond motifs is 1. The molecule has 0 bridgehead atoms. The summed E-state index contributed by atoms with van der Waals surface area (Å²) >= 11 is 1.91. The molecule has 3 fully saturated rings. The third-order valence-electron chi connectivity index (χ3n) is 6.72. The second kappa shape index (κ2) is 16.7.